The van der Waals surface area contributed by atoms with Crippen molar-refractivity contribution in [2.75, 3.05) is 59.4 Å². The molecule has 2 unspecified atom stereocenters. The Hall–Kier alpha value is -0.820. The van der Waals surface area contributed by atoms with Crippen molar-refractivity contribution in [3.8, 4) is 0 Å². The maximum atomic E-state index is 6.30. The minimum absolute atomic E-state index is 1.04. The van der Waals surface area contributed by atoms with Gasteiger partial charge in [0, 0.05) is 46.3 Å². The van der Waals surface area contributed by atoms with E-state index in [4.69, 9.17) is 16.9 Å². The van der Waals surface area contributed by atoms with Gasteiger partial charge in [0.2, 0.25) is 0 Å². The minimum Gasteiger partial charge on any atom is -0.315 e. The summed E-state index contributed by atoms with van der Waals surface area (Å²) >= 11 is 6.30. The van der Waals surface area contributed by atoms with Gasteiger partial charge in [-0.3, -0.25) is 0 Å². The molecule has 0 aliphatic carbocycles. The van der Waals surface area contributed by atoms with Crippen LogP contribution in [-0.2, 0) is 11.8 Å². The Morgan fingerprint density at radius 1 is 0.962 bits per heavy atom. The third-order valence-electron chi connectivity index (χ3n) is 4.92. The van der Waals surface area contributed by atoms with Crippen molar-refractivity contribution in [2.24, 2.45) is 5.10 Å². The van der Waals surface area contributed by atoms with E-state index in [1.165, 1.54) is 0 Å². The van der Waals surface area contributed by atoms with Crippen LogP contribution in [0.2, 0.25) is 0 Å². The SMILES string of the molecule is CN(/N=C/c1ccccc1)P1(=S)N2CCCNCCNCCCN1CC2. The van der Waals surface area contributed by atoms with Gasteiger partial charge < -0.3 is 10.6 Å². The van der Waals surface area contributed by atoms with Gasteiger partial charge in [0.05, 0.1) is 6.21 Å². The smallest absolute Gasteiger partial charge is 0.185 e. The second-order valence-electron chi connectivity index (χ2n) is 6.77. The zero-order valence-electron chi connectivity index (χ0n) is 15.7. The average Bonchev–Trinajstić information content (AvgIpc) is 2.99. The highest BCUT2D eigenvalue weighted by atomic mass is 32.4. The van der Waals surface area contributed by atoms with E-state index in [-0.39, 0.29) is 0 Å². The molecule has 2 heterocycles. The van der Waals surface area contributed by atoms with Crippen molar-refractivity contribution in [1.82, 2.24) is 24.8 Å². The van der Waals surface area contributed by atoms with Gasteiger partial charge in [-0.25, -0.2) is 14.1 Å². The van der Waals surface area contributed by atoms with Gasteiger partial charge >= 0.3 is 0 Å². The Kier molecular flexibility index (Phi) is 7.61. The van der Waals surface area contributed by atoms with Gasteiger partial charge in [-0.05, 0) is 43.3 Å². The summed E-state index contributed by atoms with van der Waals surface area (Å²) in [5.41, 5.74) is 1.11. The summed E-state index contributed by atoms with van der Waals surface area (Å²) in [5.74, 6) is 0. The molecule has 0 aromatic heterocycles. The highest BCUT2D eigenvalue weighted by Crippen LogP contribution is 2.59. The van der Waals surface area contributed by atoms with Crippen LogP contribution in [0.15, 0.2) is 35.4 Å². The molecule has 6 nitrogen and oxygen atoms in total. The summed E-state index contributed by atoms with van der Waals surface area (Å²) in [6, 6.07) is 10.2. The fraction of sp³-hybridized carbons (Fsp3) is 0.611. The standard InChI is InChI=1S/C18H31N6PS/c1-22(21-17-18-7-3-2-4-8-18)25(26)23-13-5-9-19-11-12-20-10-6-14-24(25)16-15-23/h2-4,7-8,17,19-20H,5-6,9-16H2,1H3/b21-17+. The number of hydrazone groups is 1. The first kappa shape index (κ1) is 19.9. The van der Waals surface area contributed by atoms with Crippen molar-refractivity contribution >= 4 is 24.5 Å². The summed E-state index contributed by atoms with van der Waals surface area (Å²) < 4.78 is 7.10. The first-order chi connectivity index (χ1) is 12.7. The monoisotopic (exact) mass is 394 g/mol. The largest absolute Gasteiger partial charge is 0.315 e. The number of hydrogen-bond acceptors (Lipinski definition) is 4. The molecule has 2 bridgehead atoms. The topological polar surface area (TPSA) is 46.1 Å². The molecule has 3 rings (SSSR count). The van der Waals surface area contributed by atoms with Crippen molar-refractivity contribution in [3.63, 3.8) is 0 Å². The van der Waals surface area contributed by atoms with Gasteiger partial charge in [-0.2, -0.15) is 5.10 Å². The van der Waals surface area contributed by atoms with Crippen LogP contribution in [-0.4, -0.2) is 79.7 Å². The number of nitrogens with one attached hydrogen (secondary N) is 2. The van der Waals surface area contributed by atoms with Crippen LogP contribution in [0.4, 0.5) is 0 Å². The normalized spacial score (nSPS) is 31.1. The molecule has 0 saturated carbocycles. The van der Waals surface area contributed by atoms with E-state index in [2.05, 4.69) is 43.9 Å². The lowest BCUT2D eigenvalue weighted by molar-refractivity contribution is 0.435. The number of hydrogen-bond donors (Lipinski definition) is 2. The van der Waals surface area contributed by atoms with Gasteiger partial charge in [-0.15, -0.1) is 0 Å². The number of fused-ring (bicyclic) bond motifs is 2. The van der Waals surface area contributed by atoms with Crippen LogP contribution in [0.3, 0.4) is 0 Å². The predicted octanol–water partition coefficient (Wildman–Crippen LogP) is 1.77. The molecule has 0 spiro atoms. The average molecular weight is 395 g/mol. The van der Waals surface area contributed by atoms with E-state index in [1.807, 2.05) is 24.4 Å². The Bertz CT molecular complexity index is 601. The molecular weight excluding hydrogens is 363 g/mol. The predicted molar refractivity (Wildman–Crippen MR) is 114 cm³/mol. The van der Waals surface area contributed by atoms with E-state index in [0.717, 1.165) is 70.8 Å². The molecule has 0 radical (unpaired) electrons. The lowest BCUT2D eigenvalue weighted by atomic mass is 10.2. The van der Waals surface area contributed by atoms with Crippen molar-refractivity contribution in [2.45, 2.75) is 12.8 Å². The van der Waals surface area contributed by atoms with Gasteiger partial charge in [0.1, 0.15) is 0 Å². The Balaban J connectivity index is 1.75. The van der Waals surface area contributed by atoms with Gasteiger partial charge in [0.15, 0.2) is 6.49 Å². The van der Waals surface area contributed by atoms with Crippen LogP contribution < -0.4 is 10.6 Å². The third-order valence-corrected chi connectivity index (χ3v) is 10.1. The number of benzene rings is 1. The molecule has 26 heavy (non-hydrogen) atoms. The molecule has 144 valence electrons. The quantitative estimate of drug-likeness (QED) is 0.463. The molecule has 2 aliphatic rings. The second-order valence-corrected chi connectivity index (χ2v) is 11.0. The first-order valence-electron chi connectivity index (χ1n) is 9.57. The third kappa shape index (κ3) is 4.91. The highest BCUT2D eigenvalue weighted by molar-refractivity contribution is 8.11. The minimum atomic E-state index is -2.00. The Morgan fingerprint density at radius 2 is 1.54 bits per heavy atom. The molecule has 2 aliphatic heterocycles. The summed E-state index contributed by atoms with van der Waals surface area (Å²) in [6.45, 7) is 6.36. The van der Waals surface area contributed by atoms with Crippen LogP contribution in [0.1, 0.15) is 18.4 Å². The van der Waals surface area contributed by atoms with Crippen LogP contribution >= 0.6 is 6.49 Å². The number of rotatable bonds is 3. The summed E-state index contributed by atoms with van der Waals surface area (Å²) in [6.07, 6.45) is 4.19. The zero-order valence-corrected chi connectivity index (χ0v) is 17.4. The molecule has 0 amide bonds. The molecule has 1 aromatic rings. The van der Waals surface area contributed by atoms with Crippen molar-refractivity contribution < 1.29 is 0 Å². The van der Waals surface area contributed by atoms with E-state index in [1.54, 1.807) is 0 Å². The van der Waals surface area contributed by atoms with Gasteiger partial charge in [0.25, 0.3) is 0 Å². The molecule has 2 saturated heterocycles. The summed E-state index contributed by atoms with van der Waals surface area (Å²) in [4.78, 5) is 0. The maximum Gasteiger partial charge on any atom is 0.185 e. The second kappa shape index (κ2) is 9.93. The fourth-order valence-electron chi connectivity index (χ4n) is 3.48. The van der Waals surface area contributed by atoms with E-state index < -0.39 is 6.49 Å². The molecule has 2 atom stereocenters. The van der Waals surface area contributed by atoms with E-state index >= 15 is 0 Å². The van der Waals surface area contributed by atoms with Crippen LogP contribution in [0, 0.1) is 0 Å². The molecule has 2 N–H and O–H groups in total. The lowest BCUT2D eigenvalue weighted by Gasteiger charge is -2.39. The number of nitrogens with zero attached hydrogens (tertiary/aromatic N) is 4. The van der Waals surface area contributed by atoms with Gasteiger partial charge in [-0.1, -0.05) is 30.3 Å². The molecular formula is C18H31N6PS. The van der Waals surface area contributed by atoms with Crippen molar-refractivity contribution in [1.29, 1.82) is 0 Å². The lowest BCUT2D eigenvalue weighted by Crippen LogP contribution is -2.30. The molecule has 8 heteroatoms. The van der Waals surface area contributed by atoms with Crippen LogP contribution in [0.25, 0.3) is 0 Å². The summed E-state index contributed by atoms with van der Waals surface area (Å²) in [7, 11) is 2.06. The van der Waals surface area contributed by atoms with Crippen LogP contribution in [0.5, 0.6) is 0 Å². The molecule has 1 aromatic carbocycles. The van der Waals surface area contributed by atoms with E-state index in [0.29, 0.717) is 0 Å². The summed E-state index contributed by atoms with van der Waals surface area (Å²) in [5, 5.41) is 11.8. The maximum absolute atomic E-state index is 6.30. The Labute approximate surface area is 162 Å². The zero-order chi connectivity index (χ0) is 18.2. The highest BCUT2D eigenvalue weighted by Gasteiger charge is 2.41. The first-order valence-corrected chi connectivity index (χ1v) is 12.2. The molecule has 2 fully saturated rings. The van der Waals surface area contributed by atoms with E-state index in [9.17, 15) is 0 Å². The fourth-order valence-corrected chi connectivity index (χ4v) is 7.36. The van der Waals surface area contributed by atoms with Crippen molar-refractivity contribution in [3.05, 3.63) is 35.9 Å². The Morgan fingerprint density at radius 3 is 2.12 bits per heavy atom.